The molecule has 1 aliphatic carbocycles. The first kappa shape index (κ1) is 17.6. The fraction of sp³-hybridized carbons (Fsp3) is 0.471. The van der Waals surface area contributed by atoms with Crippen LogP contribution >= 0.6 is 0 Å². The summed E-state index contributed by atoms with van der Waals surface area (Å²) in [7, 11) is 0. The van der Waals surface area contributed by atoms with Crippen LogP contribution in [0, 0.1) is 0 Å². The predicted octanol–water partition coefficient (Wildman–Crippen LogP) is 1.93. The van der Waals surface area contributed by atoms with Crippen LogP contribution in [0.1, 0.15) is 30.7 Å². The number of carbonyl (C=O) groups is 1. The molecule has 1 aromatic carbocycles. The van der Waals surface area contributed by atoms with Crippen LogP contribution in [-0.2, 0) is 23.3 Å². The van der Waals surface area contributed by atoms with Gasteiger partial charge in [-0.1, -0.05) is 18.6 Å². The van der Waals surface area contributed by atoms with Gasteiger partial charge >= 0.3 is 12.1 Å². The van der Waals surface area contributed by atoms with Crippen LogP contribution in [0.5, 0.6) is 5.75 Å². The Kier molecular flexibility index (Phi) is 4.01. The monoisotopic (exact) mass is 382 g/mol. The molecule has 10 heteroatoms. The first-order chi connectivity index (χ1) is 12.8. The number of fused-ring (bicyclic) bond motifs is 1. The maximum absolute atomic E-state index is 13.3. The second-order valence-corrected chi connectivity index (χ2v) is 6.83. The van der Waals surface area contributed by atoms with E-state index in [1.807, 2.05) is 0 Å². The zero-order valence-corrected chi connectivity index (χ0v) is 14.3. The van der Waals surface area contributed by atoms with Crippen molar-refractivity contribution in [3.63, 3.8) is 0 Å². The summed E-state index contributed by atoms with van der Waals surface area (Å²) < 4.78 is 43.1. The van der Waals surface area contributed by atoms with Gasteiger partial charge in [-0.15, -0.1) is 13.2 Å². The first-order valence-corrected chi connectivity index (χ1v) is 8.58. The molecule has 1 aromatic heterocycles. The van der Waals surface area contributed by atoms with Gasteiger partial charge in [0, 0.05) is 13.1 Å². The Morgan fingerprint density at radius 2 is 2.04 bits per heavy atom. The molecule has 0 atom stereocenters. The van der Waals surface area contributed by atoms with Gasteiger partial charge in [0.2, 0.25) is 5.91 Å². The van der Waals surface area contributed by atoms with E-state index in [1.165, 1.54) is 22.8 Å². The number of carbonyl (C=O) groups excluding carboxylic acids is 1. The second kappa shape index (κ2) is 6.14. The number of nitrogens with one attached hydrogen (secondary N) is 1. The lowest BCUT2D eigenvalue weighted by molar-refractivity contribution is -0.274. The molecule has 0 radical (unpaired) electrons. The van der Waals surface area contributed by atoms with Crippen molar-refractivity contribution in [1.82, 2.24) is 19.7 Å². The van der Waals surface area contributed by atoms with Gasteiger partial charge in [0.25, 0.3) is 0 Å². The number of aromatic nitrogens is 3. The Hall–Kier alpha value is -2.78. The van der Waals surface area contributed by atoms with E-state index in [-0.39, 0.29) is 23.9 Å². The second-order valence-electron chi connectivity index (χ2n) is 6.83. The molecule has 4 rings (SSSR count). The molecule has 144 valence electrons. The molecule has 27 heavy (non-hydrogen) atoms. The van der Waals surface area contributed by atoms with Crippen LogP contribution in [0.3, 0.4) is 0 Å². The zero-order chi connectivity index (χ0) is 19.2. The van der Waals surface area contributed by atoms with Crippen molar-refractivity contribution in [2.45, 2.75) is 44.1 Å². The van der Waals surface area contributed by atoms with Crippen molar-refractivity contribution in [3.05, 3.63) is 46.1 Å². The lowest BCUT2D eigenvalue weighted by Gasteiger charge is -2.44. The van der Waals surface area contributed by atoms with Crippen LogP contribution in [0.15, 0.2) is 29.1 Å². The molecule has 1 saturated carbocycles. The van der Waals surface area contributed by atoms with Crippen molar-refractivity contribution in [1.29, 1.82) is 0 Å². The van der Waals surface area contributed by atoms with Gasteiger partial charge in [0.15, 0.2) is 5.82 Å². The van der Waals surface area contributed by atoms with Gasteiger partial charge < -0.3 is 9.64 Å². The third kappa shape index (κ3) is 3.08. The van der Waals surface area contributed by atoms with Crippen molar-refractivity contribution < 1.29 is 22.7 Å². The maximum atomic E-state index is 13.3. The minimum absolute atomic E-state index is 0.153. The molecule has 1 N–H and O–H groups in total. The minimum atomic E-state index is -4.79. The number of benzene rings is 1. The Labute approximate surface area is 151 Å². The number of rotatable bonds is 3. The van der Waals surface area contributed by atoms with E-state index >= 15 is 0 Å². The molecule has 2 aliphatic rings. The normalized spacial score (nSPS) is 18.6. The summed E-state index contributed by atoms with van der Waals surface area (Å²) in [5, 5.41) is 6.29. The van der Waals surface area contributed by atoms with Crippen LogP contribution in [0.2, 0.25) is 0 Å². The summed E-state index contributed by atoms with van der Waals surface area (Å²) in [5.74, 6) is -0.0123. The highest BCUT2D eigenvalue weighted by Crippen LogP contribution is 2.46. The number of amides is 1. The quantitative estimate of drug-likeness (QED) is 0.880. The van der Waals surface area contributed by atoms with E-state index in [1.54, 1.807) is 11.0 Å². The molecule has 1 aliphatic heterocycles. The van der Waals surface area contributed by atoms with Crippen molar-refractivity contribution >= 4 is 5.91 Å². The molecule has 0 saturated heterocycles. The maximum Gasteiger partial charge on any atom is 0.573 e. The van der Waals surface area contributed by atoms with E-state index in [0.717, 1.165) is 6.42 Å². The summed E-state index contributed by atoms with van der Waals surface area (Å²) >= 11 is 0. The Morgan fingerprint density at radius 3 is 2.70 bits per heavy atom. The smallest absolute Gasteiger partial charge is 0.406 e. The van der Waals surface area contributed by atoms with Crippen molar-refractivity contribution in [3.8, 4) is 5.75 Å². The number of hydrogen-bond acceptors (Lipinski definition) is 4. The van der Waals surface area contributed by atoms with E-state index in [9.17, 15) is 22.8 Å². The van der Waals surface area contributed by atoms with Crippen LogP contribution in [0.4, 0.5) is 13.2 Å². The molecule has 2 aromatic rings. The molecule has 2 heterocycles. The lowest BCUT2D eigenvalue weighted by Crippen LogP contribution is -2.53. The Bertz CT molecular complexity index is 930. The minimum Gasteiger partial charge on any atom is -0.406 e. The van der Waals surface area contributed by atoms with Gasteiger partial charge in [-0.2, -0.15) is 5.10 Å². The van der Waals surface area contributed by atoms with E-state index in [2.05, 4.69) is 14.9 Å². The first-order valence-electron chi connectivity index (χ1n) is 8.58. The van der Waals surface area contributed by atoms with Gasteiger partial charge in [-0.25, -0.2) is 9.89 Å². The van der Waals surface area contributed by atoms with E-state index in [4.69, 9.17) is 0 Å². The number of nitrogens with zero attached hydrogens (tertiary/aromatic N) is 3. The molecule has 0 spiro atoms. The number of aromatic amines is 1. The molecular weight excluding hydrogens is 365 g/mol. The molecule has 0 unspecified atom stereocenters. The average Bonchev–Trinajstić information content (AvgIpc) is 2.93. The third-order valence-corrected chi connectivity index (χ3v) is 5.29. The Balaban J connectivity index is 1.60. The topological polar surface area (TPSA) is 80.2 Å². The zero-order valence-electron chi connectivity index (χ0n) is 14.3. The summed E-state index contributed by atoms with van der Waals surface area (Å²) in [6, 6.07) is 5.64. The number of alkyl halides is 3. The molecule has 1 fully saturated rings. The van der Waals surface area contributed by atoms with Crippen molar-refractivity contribution in [2.75, 3.05) is 6.54 Å². The highest BCUT2D eigenvalue weighted by atomic mass is 19.4. The number of halogens is 3. The van der Waals surface area contributed by atoms with Gasteiger partial charge in [-0.3, -0.25) is 9.36 Å². The van der Waals surface area contributed by atoms with Gasteiger partial charge in [0.1, 0.15) is 5.75 Å². The average molecular weight is 382 g/mol. The van der Waals surface area contributed by atoms with Crippen LogP contribution in [-0.4, -0.2) is 38.5 Å². The molecule has 1 amide bonds. The fourth-order valence-corrected chi connectivity index (χ4v) is 3.80. The lowest BCUT2D eigenvalue weighted by atomic mass is 9.63. The summed E-state index contributed by atoms with van der Waals surface area (Å²) in [6.07, 6.45) is -2.85. The summed E-state index contributed by atoms with van der Waals surface area (Å²) in [6.45, 7) is 0.882. The van der Waals surface area contributed by atoms with E-state index in [0.29, 0.717) is 37.3 Å². The SMILES string of the molecule is O=C(N1CCn2c(n[nH]c2=O)C1)C1(c2cccc(OC(F)(F)F)c2)CCC1. The molecular formula is C17H17F3N4O3. The number of H-pyrrole nitrogens is 1. The van der Waals surface area contributed by atoms with Crippen LogP contribution in [0.25, 0.3) is 0 Å². The highest BCUT2D eigenvalue weighted by molar-refractivity contribution is 5.89. The number of ether oxygens (including phenoxy) is 1. The van der Waals surface area contributed by atoms with Crippen LogP contribution < -0.4 is 10.4 Å². The molecule has 0 bridgehead atoms. The van der Waals surface area contributed by atoms with Gasteiger partial charge in [-0.05, 0) is 30.5 Å². The van der Waals surface area contributed by atoms with Crippen molar-refractivity contribution in [2.24, 2.45) is 0 Å². The van der Waals surface area contributed by atoms with Gasteiger partial charge in [0.05, 0.1) is 12.0 Å². The number of hydrogen-bond donors (Lipinski definition) is 1. The molecule has 7 nitrogen and oxygen atoms in total. The Morgan fingerprint density at radius 1 is 1.26 bits per heavy atom. The summed E-state index contributed by atoms with van der Waals surface area (Å²) in [4.78, 5) is 26.5. The highest BCUT2D eigenvalue weighted by Gasteiger charge is 2.48. The van der Waals surface area contributed by atoms with E-state index < -0.39 is 11.8 Å². The third-order valence-electron chi connectivity index (χ3n) is 5.29. The summed E-state index contributed by atoms with van der Waals surface area (Å²) in [5.41, 5.74) is -0.651. The predicted molar refractivity (Wildman–Crippen MR) is 86.9 cm³/mol. The fourth-order valence-electron chi connectivity index (χ4n) is 3.80. The standard InChI is InChI=1S/C17H17F3N4O3/c18-17(19,20)27-12-4-1-3-11(9-12)16(5-2-6-16)14(25)23-7-8-24-13(10-23)21-22-15(24)26/h1,3-4,9H,2,5-8,10H2,(H,22,26). The largest absolute Gasteiger partial charge is 0.573 e.